The molecule has 30 heavy (non-hydrogen) atoms. The van der Waals surface area contributed by atoms with Crippen LogP contribution in [0.5, 0.6) is 0 Å². The predicted octanol–water partition coefficient (Wildman–Crippen LogP) is 3.65. The number of esters is 2. The van der Waals surface area contributed by atoms with Crippen molar-refractivity contribution < 1.29 is 33.8 Å². The largest absolute Gasteiger partial charge is 0.481 e. The van der Waals surface area contributed by atoms with Gasteiger partial charge in [0.25, 0.3) is 0 Å². The van der Waals surface area contributed by atoms with E-state index >= 15 is 0 Å². The molecule has 1 saturated carbocycles. The maximum absolute atomic E-state index is 12.8. The second-order valence-corrected chi connectivity index (χ2v) is 8.03. The monoisotopic (exact) mass is 419 g/mol. The third-order valence-electron chi connectivity index (χ3n) is 4.78. The Morgan fingerprint density at radius 1 is 0.867 bits per heavy atom. The molecule has 0 aliphatic heterocycles. The third-order valence-corrected chi connectivity index (χ3v) is 4.78. The molecule has 8 heteroatoms. The molecule has 164 valence electrons. The van der Waals surface area contributed by atoms with Gasteiger partial charge in [0.1, 0.15) is 0 Å². The van der Waals surface area contributed by atoms with Gasteiger partial charge in [0.05, 0.1) is 35.2 Å². The van der Waals surface area contributed by atoms with Gasteiger partial charge in [-0.05, 0) is 58.7 Å². The van der Waals surface area contributed by atoms with E-state index in [1.165, 1.54) is 18.2 Å². The summed E-state index contributed by atoms with van der Waals surface area (Å²) in [6, 6.07) is 4.17. The van der Waals surface area contributed by atoms with Crippen molar-refractivity contribution in [2.75, 3.05) is 5.32 Å². The lowest BCUT2D eigenvalue weighted by atomic mass is 9.78. The molecule has 0 bridgehead atoms. The minimum absolute atomic E-state index is 0.0932. The first-order chi connectivity index (χ1) is 14.1. The number of benzene rings is 1. The molecule has 0 heterocycles. The van der Waals surface area contributed by atoms with Gasteiger partial charge in [0.2, 0.25) is 5.91 Å². The zero-order valence-electron chi connectivity index (χ0n) is 17.8. The maximum Gasteiger partial charge on any atom is 0.338 e. The number of hydrogen-bond donors (Lipinski definition) is 2. The van der Waals surface area contributed by atoms with Gasteiger partial charge in [-0.2, -0.15) is 0 Å². The number of anilines is 1. The minimum atomic E-state index is -0.995. The van der Waals surface area contributed by atoms with Crippen LogP contribution in [0, 0.1) is 11.8 Å². The summed E-state index contributed by atoms with van der Waals surface area (Å²) in [5, 5.41) is 12.1. The number of carboxylic acid groups (broad SMARTS) is 1. The van der Waals surface area contributed by atoms with E-state index in [4.69, 9.17) is 9.47 Å². The van der Waals surface area contributed by atoms with Crippen molar-refractivity contribution in [3.8, 4) is 0 Å². The van der Waals surface area contributed by atoms with E-state index < -0.39 is 35.7 Å². The summed E-state index contributed by atoms with van der Waals surface area (Å²) in [5.41, 5.74) is 0.398. The molecule has 1 aliphatic carbocycles. The van der Waals surface area contributed by atoms with Crippen LogP contribution in [0.4, 0.5) is 5.69 Å². The first kappa shape index (κ1) is 23.4. The average Bonchev–Trinajstić information content (AvgIpc) is 2.66. The van der Waals surface area contributed by atoms with Crippen LogP contribution >= 0.6 is 0 Å². The molecular weight excluding hydrogens is 390 g/mol. The first-order valence-corrected chi connectivity index (χ1v) is 10.2. The number of aliphatic carboxylic acids is 1. The highest BCUT2D eigenvalue weighted by Gasteiger charge is 2.35. The average molecular weight is 419 g/mol. The molecule has 8 nitrogen and oxygen atoms in total. The maximum atomic E-state index is 12.8. The number of carbonyl (C=O) groups excluding carboxylic acids is 3. The molecule has 0 radical (unpaired) electrons. The number of nitrogens with one attached hydrogen (secondary N) is 1. The lowest BCUT2D eigenvalue weighted by Crippen LogP contribution is -2.36. The van der Waals surface area contributed by atoms with Crippen molar-refractivity contribution >= 4 is 29.5 Å². The predicted molar refractivity (Wildman–Crippen MR) is 109 cm³/mol. The van der Waals surface area contributed by atoms with Gasteiger partial charge < -0.3 is 19.9 Å². The van der Waals surface area contributed by atoms with Crippen molar-refractivity contribution in [3.63, 3.8) is 0 Å². The first-order valence-electron chi connectivity index (χ1n) is 10.2. The minimum Gasteiger partial charge on any atom is -0.481 e. The summed E-state index contributed by atoms with van der Waals surface area (Å²) >= 11 is 0. The van der Waals surface area contributed by atoms with E-state index in [-0.39, 0.29) is 29.0 Å². The molecule has 1 aromatic carbocycles. The molecule has 1 fully saturated rings. The van der Waals surface area contributed by atoms with E-state index in [9.17, 15) is 24.3 Å². The lowest BCUT2D eigenvalue weighted by molar-refractivity contribution is -0.147. The quantitative estimate of drug-likeness (QED) is 0.648. The second kappa shape index (κ2) is 10.2. The van der Waals surface area contributed by atoms with Crippen LogP contribution in [0.3, 0.4) is 0 Å². The molecular formula is C22H29NO7. The van der Waals surface area contributed by atoms with Gasteiger partial charge in [-0.25, -0.2) is 9.59 Å². The van der Waals surface area contributed by atoms with Crippen LogP contribution in [0.15, 0.2) is 18.2 Å². The Bertz CT molecular complexity index is 775. The Hall–Kier alpha value is -2.90. The van der Waals surface area contributed by atoms with E-state index in [1.807, 2.05) is 0 Å². The molecule has 0 aromatic heterocycles. The third kappa shape index (κ3) is 6.30. The van der Waals surface area contributed by atoms with Crippen molar-refractivity contribution in [1.82, 2.24) is 0 Å². The number of carboxylic acids is 1. The second-order valence-electron chi connectivity index (χ2n) is 8.03. The molecule has 0 spiro atoms. The highest BCUT2D eigenvalue weighted by Crippen LogP contribution is 2.31. The molecule has 1 aliphatic rings. The highest BCUT2D eigenvalue weighted by atomic mass is 16.5. The highest BCUT2D eigenvalue weighted by molar-refractivity contribution is 6.00. The molecule has 1 amide bonds. The smallest absolute Gasteiger partial charge is 0.338 e. The Morgan fingerprint density at radius 3 is 1.77 bits per heavy atom. The molecule has 1 aromatic rings. The van der Waals surface area contributed by atoms with Gasteiger partial charge in [-0.3, -0.25) is 9.59 Å². The van der Waals surface area contributed by atoms with Crippen LogP contribution in [0.1, 0.15) is 74.1 Å². The van der Waals surface area contributed by atoms with Crippen molar-refractivity contribution in [2.45, 2.75) is 65.6 Å². The van der Waals surface area contributed by atoms with Crippen molar-refractivity contribution in [3.05, 3.63) is 29.3 Å². The summed E-state index contributed by atoms with van der Waals surface area (Å²) in [7, 11) is 0. The number of hydrogen-bond acceptors (Lipinski definition) is 6. The van der Waals surface area contributed by atoms with E-state index in [0.717, 1.165) is 12.8 Å². The number of rotatable bonds is 7. The molecule has 0 unspecified atom stereocenters. The fourth-order valence-corrected chi connectivity index (χ4v) is 3.47. The van der Waals surface area contributed by atoms with E-state index in [2.05, 4.69) is 5.32 Å². The van der Waals surface area contributed by atoms with Crippen LogP contribution in [-0.2, 0) is 19.1 Å². The number of ether oxygens (including phenoxy) is 2. The van der Waals surface area contributed by atoms with Gasteiger partial charge in [0.15, 0.2) is 0 Å². The summed E-state index contributed by atoms with van der Waals surface area (Å²) in [6.07, 6.45) is 1.73. The standard InChI is InChI=1S/C22H29NO7/c1-12(2)29-21(27)14-9-15(22(28)30-13(3)4)11-16(10-14)23-19(24)17-7-5-6-8-18(17)20(25)26/h9-13,17-18H,5-8H2,1-4H3,(H,23,24)(H,25,26)/t17-,18+/m0/s1. The number of carbonyl (C=O) groups is 4. The zero-order chi connectivity index (χ0) is 22.4. The van der Waals surface area contributed by atoms with Crippen LogP contribution < -0.4 is 5.32 Å². The Balaban J connectivity index is 2.32. The van der Waals surface area contributed by atoms with Gasteiger partial charge in [-0.1, -0.05) is 12.8 Å². The summed E-state index contributed by atoms with van der Waals surface area (Å²) in [4.78, 5) is 49.0. The Kier molecular flexibility index (Phi) is 7.97. The van der Waals surface area contributed by atoms with Crippen LogP contribution in [0.2, 0.25) is 0 Å². The normalized spacial score (nSPS) is 18.7. The number of amides is 1. The van der Waals surface area contributed by atoms with Crippen molar-refractivity contribution in [1.29, 1.82) is 0 Å². The topological polar surface area (TPSA) is 119 Å². The van der Waals surface area contributed by atoms with Crippen LogP contribution in [0.25, 0.3) is 0 Å². The zero-order valence-corrected chi connectivity index (χ0v) is 17.8. The summed E-state index contributed by atoms with van der Waals surface area (Å²) in [6.45, 7) is 6.80. The van der Waals surface area contributed by atoms with Gasteiger partial charge in [-0.15, -0.1) is 0 Å². The van der Waals surface area contributed by atoms with E-state index in [0.29, 0.717) is 12.8 Å². The van der Waals surface area contributed by atoms with Gasteiger partial charge in [0, 0.05) is 5.69 Å². The fourth-order valence-electron chi connectivity index (χ4n) is 3.47. The molecule has 2 atom stereocenters. The summed E-state index contributed by atoms with van der Waals surface area (Å²) in [5.74, 6) is -4.14. The molecule has 2 N–H and O–H groups in total. The van der Waals surface area contributed by atoms with Crippen LogP contribution in [-0.4, -0.2) is 41.1 Å². The SMILES string of the molecule is CC(C)OC(=O)c1cc(NC(=O)[C@H]2CCCC[C@H]2C(=O)O)cc(C(=O)OC(C)C)c1. The fraction of sp³-hybridized carbons (Fsp3) is 0.545. The van der Waals surface area contributed by atoms with Gasteiger partial charge >= 0.3 is 17.9 Å². The lowest BCUT2D eigenvalue weighted by Gasteiger charge is -2.27. The Labute approximate surface area is 175 Å². The molecule has 0 saturated heterocycles. The summed E-state index contributed by atoms with van der Waals surface area (Å²) < 4.78 is 10.4. The Morgan fingerprint density at radius 2 is 1.33 bits per heavy atom. The molecule has 2 rings (SSSR count). The van der Waals surface area contributed by atoms with E-state index in [1.54, 1.807) is 27.7 Å². The van der Waals surface area contributed by atoms with Crippen molar-refractivity contribution in [2.24, 2.45) is 11.8 Å².